The number of hydrogen-bond donors (Lipinski definition) is 2. The van der Waals surface area contributed by atoms with Gasteiger partial charge in [-0.05, 0) is 46.5 Å². The number of nitrogens with zero attached hydrogens (tertiary/aromatic N) is 1. The number of anilines is 1. The lowest BCUT2D eigenvalue weighted by atomic mass is 9.98. The average molecular weight is 382 g/mol. The predicted molar refractivity (Wildman–Crippen MR) is 112 cm³/mol. The first-order valence-electron chi connectivity index (χ1n) is 9.41. The number of pyridine rings is 1. The first-order valence-corrected chi connectivity index (χ1v) is 9.41. The second-order valence-corrected chi connectivity index (χ2v) is 6.98. The van der Waals surface area contributed by atoms with Gasteiger partial charge in [0.2, 0.25) is 0 Å². The second-order valence-electron chi connectivity index (χ2n) is 6.98. The van der Waals surface area contributed by atoms with Gasteiger partial charge in [-0.2, -0.15) is 0 Å². The summed E-state index contributed by atoms with van der Waals surface area (Å²) in [6.45, 7) is 0.239. The van der Waals surface area contributed by atoms with E-state index in [4.69, 9.17) is 4.74 Å². The third-order valence-corrected chi connectivity index (χ3v) is 5.33. The Labute approximate surface area is 167 Å². The largest absolute Gasteiger partial charge is 0.507 e. The van der Waals surface area contributed by atoms with Crippen LogP contribution in [0.4, 0.5) is 10.5 Å². The number of nitrogens with one attached hydrogen (secondary N) is 1. The average Bonchev–Trinajstić information content (AvgIpc) is 3.08. The fraction of sp³-hybridized carbons (Fsp3) is 0.0833. The fourth-order valence-corrected chi connectivity index (χ4v) is 4.00. The molecule has 4 aromatic rings. The van der Waals surface area contributed by atoms with Crippen LogP contribution >= 0.6 is 0 Å². The van der Waals surface area contributed by atoms with Crippen molar-refractivity contribution in [3.8, 4) is 16.9 Å². The third-order valence-electron chi connectivity index (χ3n) is 5.33. The molecule has 0 spiro atoms. The number of ether oxygens (including phenoxy) is 1. The van der Waals surface area contributed by atoms with Crippen LogP contribution in [-0.2, 0) is 4.74 Å². The number of aromatic hydroxyl groups is 1. The van der Waals surface area contributed by atoms with Gasteiger partial charge in [0.05, 0.1) is 11.2 Å². The molecule has 1 aliphatic rings. The van der Waals surface area contributed by atoms with E-state index in [0.717, 1.165) is 0 Å². The maximum absolute atomic E-state index is 12.5. The minimum Gasteiger partial charge on any atom is -0.507 e. The van der Waals surface area contributed by atoms with E-state index in [-0.39, 0.29) is 18.3 Å². The highest BCUT2D eigenvalue weighted by molar-refractivity contribution is 6.00. The zero-order chi connectivity index (χ0) is 19.8. The lowest BCUT2D eigenvalue weighted by Crippen LogP contribution is -2.18. The summed E-state index contributed by atoms with van der Waals surface area (Å²) < 4.78 is 5.58. The number of aromatic nitrogens is 1. The Morgan fingerprint density at radius 1 is 0.931 bits per heavy atom. The molecule has 0 fully saturated rings. The summed E-state index contributed by atoms with van der Waals surface area (Å²) in [7, 11) is 0. The standard InChI is InChI=1S/C24H18N2O3/c27-22-12-11-21(23-19(22)10-5-13-25-23)26-24(28)29-14-20-17-8-3-1-6-15(17)16-7-2-4-9-18(16)20/h1-13,20,27H,14H2,(H,26,28). The normalized spacial score (nSPS) is 12.4. The number of fused-ring (bicyclic) bond motifs is 4. The lowest BCUT2D eigenvalue weighted by Gasteiger charge is -2.15. The molecular weight excluding hydrogens is 364 g/mol. The number of phenolic OH excluding ortho intramolecular Hbond substituents is 1. The summed E-state index contributed by atoms with van der Waals surface area (Å²) in [5.41, 5.74) is 5.71. The van der Waals surface area contributed by atoms with Crippen molar-refractivity contribution in [1.29, 1.82) is 0 Å². The van der Waals surface area contributed by atoms with Gasteiger partial charge in [0.25, 0.3) is 0 Å². The molecule has 0 unspecified atom stereocenters. The summed E-state index contributed by atoms with van der Waals surface area (Å²) in [5.74, 6) is 0.119. The van der Waals surface area contributed by atoms with Crippen LogP contribution in [0.5, 0.6) is 5.75 Å². The van der Waals surface area contributed by atoms with Crippen LogP contribution in [0.3, 0.4) is 0 Å². The maximum Gasteiger partial charge on any atom is 0.411 e. The molecule has 0 atom stereocenters. The summed E-state index contributed by atoms with van der Waals surface area (Å²) in [5, 5.41) is 13.3. The topological polar surface area (TPSA) is 71.5 Å². The zero-order valence-electron chi connectivity index (χ0n) is 15.5. The van der Waals surface area contributed by atoms with E-state index in [2.05, 4.69) is 34.6 Å². The van der Waals surface area contributed by atoms with Gasteiger partial charge in [0, 0.05) is 17.5 Å². The molecule has 5 nitrogen and oxygen atoms in total. The number of benzene rings is 3. The van der Waals surface area contributed by atoms with Crippen LogP contribution in [-0.4, -0.2) is 22.8 Å². The van der Waals surface area contributed by atoms with E-state index in [1.165, 1.54) is 28.3 Å². The Morgan fingerprint density at radius 3 is 2.34 bits per heavy atom. The number of rotatable bonds is 3. The second kappa shape index (κ2) is 6.95. The van der Waals surface area contributed by atoms with Gasteiger partial charge in [0.15, 0.2) is 0 Å². The molecule has 29 heavy (non-hydrogen) atoms. The van der Waals surface area contributed by atoms with Gasteiger partial charge in [0.1, 0.15) is 12.4 Å². The summed E-state index contributed by atoms with van der Waals surface area (Å²) >= 11 is 0. The Hall–Kier alpha value is -3.86. The smallest absolute Gasteiger partial charge is 0.411 e. The third kappa shape index (κ3) is 2.97. The number of hydrogen-bond acceptors (Lipinski definition) is 4. The molecule has 0 saturated heterocycles. The Bertz CT molecular complexity index is 1190. The Kier molecular flexibility index (Phi) is 4.13. The molecule has 0 bridgehead atoms. The van der Waals surface area contributed by atoms with E-state index >= 15 is 0 Å². The highest BCUT2D eigenvalue weighted by Crippen LogP contribution is 2.44. The molecule has 1 heterocycles. The molecule has 1 aromatic heterocycles. The molecule has 142 valence electrons. The molecule has 5 heteroatoms. The maximum atomic E-state index is 12.5. The Balaban J connectivity index is 1.36. The zero-order valence-corrected chi connectivity index (χ0v) is 15.5. The van der Waals surface area contributed by atoms with Crippen LogP contribution in [0.1, 0.15) is 17.0 Å². The molecule has 0 radical (unpaired) electrons. The SMILES string of the molecule is O=C(Nc1ccc(O)c2cccnc12)OCC1c2ccccc2-c2ccccc21. The monoisotopic (exact) mass is 382 g/mol. The van der Waals surface area contributed by atoms with E-state index in [9.17, 15) is 9.90 Å². The van der Waals surface area contributed by atoms with Gasteiger partial charge < -0.3 is 9.84 Å². The first kappa shape index (κ1) is 17.3. The molecular formula is C24H18N2O3. The van der Waals surface area contributed by atoms with Crippen molar-refractivity contribution in [3.05, 3.63) is 90.1 Å². The van der Waals surface area contributed by atoms with Crippen LogP contribution in [0.2, 0.25) is 0 Å². The predicted octanol–water partition coefficient (Wildman–Crippen LogP) is 5.30. The lowest BCUT2D eigenvalue weighted by molar-refractivity contribution is 0.158. The Morgan fingerprint density at radius 2 is 1.62 bits per heavy atom. The number of phenols is 1. The van der Waals surface area contributed by atoms with Gasteiger partial charge in [-0.3, -0.25) is 10.3 Å². The van der Waals surface area contributed by atoms with E-state index in [0.29, 0.717) is 16.6 Å². The quantitative estimate of drug-likeness (QED) is 0.472. The van der Waals surface area contributed by atoms with Crippen LogP contribution < -0.4 is 5.32 Å². The molecule has 1 aliphatic carbocycles. The first-order chi connectivity index (χ1) is 14.2. The number of carbonyl (C=O) groups excluding carboxylic acids is 1. The van der Waals surface area contributed by atoms with Crippen LogP contribution in [0.15, 0.2) is 79.0 Å². The number of carbonyl (C=O) groups is 1. The summed E-state index contributed by atoms with van der Waals surface area (Å²) in [6.07, 6.45) is 1.06. The fourth-order valence-electron chi connectivity index (χ4n) is 4.00. The van der Waals surface area contributed by atoms with Gasteiger partial charge >= 0.3 is 6.09 Å². The highest BCUT2D eigenvalue weighted by Gasteiger charge is 2.29. The van der Waals surface area contributed by atoms with Gasteiger partial charge in [-0.25, -0.2) is 4.79 Å². The van der Waals surface area contributed by atoms with Crippen molar-refractivity contribution >= 4 is 22.7 Å². The summed E-state index contributed by atoms with van der Waals surface area (Å²) in [6, 6.07) is 23.1. The highest BCUT2D eigenvalue weighted by atomic mass is 16.5. The van der Waals surface area contributed by atoms with Crippen molar-refractivity contribution < 1.29 is 14.6 Å². The molecule has 3 aromatic carbocycles. The van der Waals surface area contributed by atoms with Crippen LogP contribution in [0, 0.1) is 0 Å². The van der Waals surface area contributed by atoms with E-state index < -0.39 is 6.09 Å². The van der Waals surface area contributed by atoms with Crippen molar-refractivity contribution in [3.63, 3.8) is 0 Å². The van der Waals surface area contributed by atoms with E-state index in [1.807, 2.05) is 24.3 Å². The minimum atomic E-state index is -0.551. The van der Waals surface area contributed by atoms with Crippen LogP contribution in [0.25, 0.3) is 22.0 Å². The van der Waals surface area contributed by atoms with Crippen molar-refractivity contribution in [2.24, 2.45) is 0 Å². The van der Waals surface area contributed by atoms with Gasteiger partial charge in [-0.1, -0.05) is 48.5 Å². The van der Waals surface area contributed by atoms with Crippen molar-refractivity contribution in [2.45, 2.75) is 5.92 Å². The molecule has 2 N–H and O–H groups in total. The molecule has 0 saturated carbocycles. The van der Waals surface area contributed by atoms with Crippen molar-refractivity contribution in [2.75, 3.05) is 11.9 Å². The molecule has 0 aliphatic heterocycles. The number of amides is 1. The minimum absolute atomic E-state index is 0.00263. The van der Waals surface area contributed by atoms with Crippen molar-refractivity contribution in [1.82, 2.24) is 4.98 Å². The van der Waals surface area contributed by atoms with E-state index in [1.54, 1.807) is 24.4 Å². The molecule has 5 rings (SSSR count). The van der Waals surface area contributed by atoms with Gasteiger partial charge in [-0.15, -0.1) is 0 Å². The molecule has 1 amide bonds. The summed E-state index contributed by atoms with van der Waals surface area (Å²) in [4.78, 5) is 16.8.